The van der Waals surface area contributed by atoms with Crippen molar-refractivity contribution in [3.05, 3.63) is 29.8 Å². The first-order valence-electron chi connectivity index (χ1n) is 7.31. The van der Waals surface area contributed by atoms with Crippen LogP contribution in [0.2, 0.25) is 0 Å². The van der Waals surface area contributed by atoms with Crippen molar-refractivity contribution in [2.45, 2.75) is 0 Å². The fraction of sp³-hybridized carbons (Fsp3) is 0.562. The van der Waals surface area contributed by atoms with Gasteiger partial charge in [-0.25, -0.2) is 0 Å². The largest absolute Gasteiger partial charge is 0.396 e. The predicted octanol–water partition coefficient (Wildman–Crippen LogP) is 0.833. The minimum atomic E-state index is -0.251. The molecule has 21 heavy (non-hydrogen) atoms. The Labute approximate surface area is 125 Å². The van der Waals surface area contributed by atoms with Crippen LogP contribution in [-0.4, -0.2) is 62.9 Å². The number of fused-ring (bicyclic) bond motifs is 1. The zero-order chi connectivity index (χ0) is 15.0. The molecule has 1 amide bonds. The van der Waals surface area contributed by atoms with E-state index in [0.29, 0.717) is 31.9 Å². The summed E-state index contributed by atoms with van der Waals surface area (Å²) >= 11 is 0. The van der Waals surface area contributed by atoms with Crippen molar-refractivity contribution in [2.24, 2.45) is 11.3 Å². The molecule has 0 aromatic heterocycles. The molecule has 2 atom stereocenters. The van der Waals surface area contributed by atoms with Crippen LogP contribution < -0.4 is 4.90 Å². The Balaban J connectivity index is 1.74. The van der Waals surface area contributed by atoms with Crippen molar-refractivity contribution in [1.29, 1.82) is 0 Å². The standard InChI is InChI=1S/C16H22N2O3/c1-17(2)14-5-3-12(4-6-14)15(20)18-7-13-8-21-11-16(13,9-18)10-19/h3-6,13,19H,7-11H2,1-2H3/t13-,16-/m0/s1. The van der Waals surface area contributed by atoms with E-state index in [4.69, 9.17) is 4.74 Å². The fourth-order valence-electron chi connectivity index (χ4n) is 3.30. The summed E-state index contributed by atoms with van der Waals surface area (Å²) in [5.74, 6) is 0.301. The van der Waals surface area contributed by atoms with Crippen molar-refractivity contribution in [3.8, 4) is 0 Å². The molecule has 1 aromatic rings. The summed E-state index contributed by atoms with van der Waals surface area (Å²) in [7, 11) is 3.95. The molecule has 2 aliphatic heterocycles. The van der Waals surface area contributed by atoms with E-state index >= 15 is 0 Å². The van der Waals surface area contributed by atoms with Crippen molar-refractivity contribution >= 4 is 11.6 Å². The molecule has 114 valence electrons. The van der Waals surface area contributed by atoms with Crippen LogP contribution in [0, 0.1) is 11.3 Å². The van der Waals surface area contributed by atoms with E-state index in [1.54, 1.807) is 0 Å². The van der Waals surface area contributed by atoms with Gasteiger partial charge < -0.3 is 19.6 Å². The maximum absolute atomic E-state index is 12.6. The van der Waals surface area contributed by atoms with E-state index in [0.717, 1.165) is 5.69 Å². The number of nitrogens with zero attached hydrogens (tertiary/aromatic N) is 2. The van der Waals surface area contributed by atoms with Gasteiger partial charge in [0.25, 0.3) is 5.91 Å². The molecule has 2 heterocycles. The summed E-state index contributed by atoms with van der Waals surface area (Å²) in [6.45, 7) is 2.54. The summed E-state index contributed by atoms with van der Waals surface area (Å²) in [5, 5.41) is 9.67. The molecule has 0 radical (unpaired) electrons. The van der Waals surface area contributed by atoms with Gasteiger partial charge in [-0.3, -0.25) is 4.79 Å². The van der Waals surface area contributed by atoms with E-state index in [1.165, 1.54) is 0 Å². The van der Waals surface area contributed by atoms with Crippen LogP contribution in [0.15, 0.2) is 24.3 Å². The number of likely N-dealkylation sites (tertiary alicyclic amines) is 1. The lowest BCUT2D eigenvalue weighted by atomic mass is 9.82. The van der Waals surface area contributed by atoms with Crippen LogP contribution >= 0.6 is 0 Å². The lowest BCUT2D eigenvalue weighted by Crippen LogP contribution is -2.36. The Morgan fingerprint density at radius 3 is 2.71 bits per heavy atom. The number of carbonyl (C=O) groups is 1. The van der Waals surface area contributed by atoms with Crippen LogP contribution in [0.4, 0.5) is 5.69 Å². The highest BCUT2D eigenvalue weighted by Crippen LogP contribution is 2.41. The van der Waals surface area contributed by atoms with Crippen LogP contribution in [0.25, 0.3) is 0 Å². The highest BCUT2D eigenvalue weighted by molar-refractivity contribution is 5.94. The number of ether oxygens (including phenoxy) is 1. The van der Waals surface area contributed by atoms with Gasteiger partial charge in [-0.1, -0.05) is 0 Å². The molecule has 1 aromatic carbocycles. The molecular weight excluding hydrogens is 268 g/mol. The summed E-state index contributed by atoms with van der Waals surface area (Å²) in [6.07, 6.45) is 0. The Bertz CT molecular complexity index is 529. The van der Waals surface area contributed by atoms with E-state index < -0.39 is 0 Å². The smallest absolute Gasteiger partial charge is 0.253 e. The van der Waals surface area contributed by atoms with Crippen molar-refractivity contribution in [1.82, 2.24) is 4.90 Å². The average Bonchev–Trinajstić information content (AvgIpc) is 3.03. The topological polar surface area (TPSA) is 53.0 Å². The van der Waals surface area contributed by atoms with Crippen LogP contribution in [0.3, 0.4) is 0 Å². The van der Waals surface area contributed by atoms with Gasteiger partial charge in [-0.2, -0.15) is 0 Å². The number of aliphatic hydroxyl groups is 1. The third-order valence-corrected chi connectivity index (χ3v) is 4.75. The Kier molecular flexibility index (Phi) is 3.63. The average molecular weight is 290 g/mol. The van der Waals surface area contributed by atoms with Gasteiger partial charge in [0.15, 0.2) is 0 Å². The van der Waals surface area contributed by atoms with Crippen molar-refractivity contribution in [2.75, 3.05) is 51.9 Å². The Hall–Kier alpha value is -1.59. The molecule has 2 saturated heterocycles. The van der Waals surface area contributed by atoms with Gasteiger partial charge >= 0.3 is 0 Å². The maximum Gasteiger partial charge on any atom is 0.253 e. The number of aliphatic hydroxyl groups excluding tert-OH is 1. The number of hydrogen-bond acceptors (Lipinski definition) is 4. The van der Waals surface area contributed by atoms with Gasteiger partial charge in [-0.05, 0) is 24.3 Å². The second kappa shape index (κ2) is 5.31. The van der Waals surface area contributed by atoms with E-state index in [9.17, 15) is 9.90 Å². The molecular formula is C16H22N2O3. The van der Waals surface area contributed by atoms with Gasteiger partial charge in [0, 0.05) is 49.8 Å². The minimum absolute atomic E-state index is 0.0440. The number of rotatable bonds is 3. The zero-order valence-corrected chi connectivity index (χ0v) is 12.6. The Morgan fingerprint density at radius 1 is 1.43 bits per heavy atom. The monoisotopic (exact) mass is 290 g/mol. The third kappa shape index (κ3) is 2.40. The molecule has 5 heteroatoms. The van der Waals surface area contributed by atoms with E-state index in [-0.39, 0.29) is 23.8 Å². The molecule has 0 aliphatic carbocycles. The predicted molar refractivity (Wildman–Crippen MR) is 80.5 cm³/mol. The first-order valence-corrected chi connectivity index (χ1v) is 7.31. The summed E-state index contributed by atoms with van der Waals surface area (Å²) in [6, 6.07) is 7.64. The number of hydrogen-bond donors (Lipinski definition) is 1. The molecule has 3 rings (SSSR count). The number of carbonyl (C=O) groups excluding carboxylic acids is 1. The summed E-state index contributed by atoms with van der Waals surface area (Å²) in [4.78, 5) is 16.5. The summed E-state index contributed by atoms with van der Waals surface area (Å²) in [5.41, 5.74) is 1.53. The second-order valence-electron chi connectivity index (χ2n) is 6.36. The number of amides is 1. The molecule has 0 spiro atoms. The molecule has 0 bridgehead atoms. The molecule has 2 fully saturated rings. The van der Waals surface area contributed by atoms with Gasteiger partial charge in [0.1, 0.15) is 0 Å². The highest BCUT2D eigenvalue weighted by Gasteiger charge is 2.51. The number of benzene rings is 1. The lowest BCUT2D eigenvalue weighted by molar-refractivity contribution is 0.0631. The maximum atomic E-state index is 12.6. The molecule has 5 nitrogen and oxygen atoms in total. The minimum Gasteiger partial charge on any atom is -0.396 e. The normalized spacial score (nSPS) is 27.8. The first kappa shape index (κ1) is 14.4. The van der Waals surface area contributed by atoms with Gasteiger partial charge in [0.2, 0.25) is 0 Å². The van der Waals surface area contributed by atoms with Crippen LogP contribution in [0.5, 0.6) is 0 Å². The highest BCUT2D eigenvalue weighted by atomic mass is 16.5. The zero-order valence-electron chi connectivity index (χ0n) is 12.6. The molecule has 1 N–H and O–H groups in total. The van der Waals surface area contributed by atoms with Gasteiger partial charge in [0.05, 0.1) is 19.8 Å². The van der Waals surface area contributed by atoms with Crippen molar-refractivity contribution < 1.29 is 14.6 Å². The second-order valence-corrected chi connectivity index (χ2v) is 6.36. The molecule has 2 aliphatic rings. The molecule has 0 saturated carbocycles. The molecule has 0 unspecified atom stereocenters. The van der Waals surface area contributed by atoms with Crippen LogP contribution in [0.1, 0.15) is 10.4 Å². The van der Waals surface area contributed by atoms with Crippen LogP contribution in [-0.2, 0) is 4.74 Å². The quantitative estimate of drug-likeness (QED) is 0.896. The lowest BCUT2D eigenvalue weighted by Gasteiger charge is -2.24. The SMILES string of the molecule is CN(C)c1ccc(C(=O)N2C[C@H]3COC[C@@]3(CO)C2)cc1. The summed E-state index contributed by atoms with van der Waals surface area (Å²) < 4.78 is 5.48. The van der Waals surface area contributed by atoms with Gasteiger partial charge in [-0.15, -0.1) is 0 Å². The van der Waals surface area contributed by atoms with E-state index in [2.05, 4.69) is 0 Å². The fourth-order valence-corrected chi connectivity index (χ4v) is 3.30. The first-order chi connectivity index (χ1) is 10.1. The Morgan fingerprint density at radius 2 is 2.14 bits per heavy atom. The number of anilines is 1. The van der Waals surface area contributed by atoms with Crippen molar-refractivity contribution in [3.63, 3.8) is 0 Å². The third-order valence-electron chi connectivity index (χ3n) is 4.75. The van der Waals surface area contributed by atoms with E-state index in [1.807, 2.05) is 48.2 Å².